The third-order valence-corrected chi connectivity index (χ3v) is 3.82. The van der Waals surface area contributed by atoms with E-state index in [4.69, 9.17) is 9.47 Å². The molecule has 2 heterocycles. The smallest absolute Gasteiger partial charge is 0.170 e. The van der Waals surface area contributed by atoms with Gasteiger partial charge in [0.1, 0.15) is 11.6 Å². The van der Waals surface area contributed by atoms with Crippen LogP contribution in [-0.2, 0) is 9.47 Å². The standard InChI is InChI=1S/C12H19N3O3/c1-8-13-9(2)15(14-8)10-7-12(4-3-11(10)16)17-5-6-18-12/h10-11,16H,3-7H2,1-2H3. The van der Waals surface area contributed by atoms with Crippen molar-refractivity contribution in [1.82, 2.24) is 14.8 Å². The average molecular weight is 253 g/mol. The Morgan fingerprint density at radius 2 is 2.06 bits per heavy atom. The number of hydrogen-bond acceptors (Lipinski definition) is 5. The minimum Gasteiger partial charge on any atom is -0.391 e. The lowest BCUT2D eigenvalue weighted by atomic mass is 9.87. The normalized spacial score (nSPS) is 31.1. The second-order valence-corrected chi connectivity index (χ2v) is 5.14. The second kappa shape index (κ2) is 4.29. The van der Waals surface area contributed by atoms with Crippen molar-refractivity contribution in [2.24, 2.45) is 0 Å². The Bertz CT molecular complexity index is 440. The molecule has 100 valence electrons. The Morgan fingerprint density at radius 1 is 1.33 bits per heavy atom. The summed E-state index contributed by atoms with van der Waals surface area (Å²) in [6.07, 6.45) is 1.64. The SMILES string of the molecule is Cc1nc(C)n(C2CC3(CCC2O)OCCO3)n1. The number of aliphatic hydroxyl groups is 1. The molecule has 18 heavy (non-hydrogen) atoms. The number of rotatable bonds is 1. The van der Waals surface area contributed by atoms with Crippen LogP contribution < -0.4 is 0 Å². The molecule has 0 bridgehead atoms. The maximum atomic E-state index is 10.2. The van der Waals surface area contributed by atoms with Gasteiger partial charge in [0.05, 0.1) is 25.4 Å². The molecule has 1 saturated heterocycles. The topological polar surface area (TPSA) is 69.4 Å². The third kappa shape index (κ3) is 1.94. The molecule has 0 aromatic carbocycles. The summed E-state index contributed by atoms with van der Waals surface area (Å²) >= 11 is 0. The molecule has 3 rings (SSSR count). The summed E-state index contributed by atoms with van der Waals surface area (Å²) in [5.74, 6) is 1.04. The molecule has 2 atom stereocenters. The fourth-order valence-corrected chi connectivity index (χ4v) is 2.98. The van der Waals surface area contributed by atoms with E-state index in [-0.39, 0.29) is 6.04 Å². The van der Waals surface area contributed by atoms with E-state index >= 15 is 0 Å². The van der Waals surface area contributed by atoms with E-state index in [2.05, 4.69) is 10.1 Å². The highest BCUT2D eigenvalue weighted by atomic mass is 16.7. The number of ether oxygens (including phenoxy) is 2. The van der Waals surface area contributed by atoms with Crippen molar-refractivity contribution in [3.63, 3.8) is 0 Å². The quantitative estimate of drug-likeness (QED) is 0.798. The van der Waals surface area contributed by atoms with E-state index in [9.17, 15) is 5.11 Å². The van der Waals surface area contributed by atoms with Gasteiger partial charge in [-0.1, -0.05) is 0 Å². The van der Waals surface area contributed by atoms with E-state index < -0.39 is 11.9 Å². The Kier molecular flexibility index (Phi) is 2.88. The van der Waals surface area contributed by atoms with Gasteiger partial charge < -0.3 is 14.6 Å². The first-order valence-corrected chi connectivity index (χ1v) is 6.45. The predicted octanol–water partition coefficient (Wildman–Crippen LogP) is 0.724. The first kappa shape index (κ1) is 12.1. The molecule has 1 saturated carbocycles. The van der Waals surface area contributed by atoms with Crippen LogP contribution in [0.5, 0.6) is 0 Å². The minimum absolute atomic E-state index is 0.113. The molecule has 2 unspecified atom stereocenters. The van der Waals surface area contributed by atoms with E-state index in [1.165, 1.54) is 0 Å². The van der Waals surface area contributed by atoms with Gasteiger partial charge in [-0.15, -0.1) is 0 Å². The van der Waals surface area contributed by atoms with Crippen LogP contribution >= 0.6 is 0 Å². The molecule has 1 aromatic rings. The molecule has 1 aliphatic carbocycles. The van der Waals surface area contributed by atoms with Crippen LogP contribution in [0.4, 0.5) is 0 Å². The number of aliphatic hydroxyl groups excluding tert-OH is 1. The lowest BCUT2D eigenvalue weighted by Crippen LogP contribution is -2.43. The maximum Gasteiger partial charge on any atom is 0.170 e. The van der Waals surface area contributed by atoms with E-state index in [0.29, 0.717) is 26.1 Å². The molecule has 0 amide bonds. The molecule has 6 nitrogen and oxygen atoms in total. The van der Waals surface area contributed by atoms with Crippen molar-refractivity contribution in [2.45, 2.75) is 51.0 Å². The molecule has 1 spiro atoms. The van der Waals surface area contributed by atoms with Crippen LogP contribution in [-0.4, -0.2) is 45.0 Å². The highest BCUT2D eigenvalue weighted by Crippen LogP contribution is 2.41. The van der Waals surface area contributed by atoms with Gasteiger partial charge in [-0.05, 0) is 20.3 Å². The fraction of sp³-hybridized carbons (Fsp3) is 0.833. The van der Waals surface area contributed by atoms with Gasteiger partial charge in [-0.25, -0.2) is 9.67 Å². The summed E-state index contributed by atoms with van der Waals surface area (Å²) < 4.78 is 13.3. The zero-order valence-corrected chi connectivity index (χ0v) is 10.8. The van der Waals surface area contributed by atoms with E-state index in [1.54, 1.807) is 0 Å². The Labute approximate surface area is 106 Å². The average Bonchev–Trinajstić information content (AvgIpc) is 2.90. The predicted molar refractivity (Wildman–Crippen MR) is 63.0 cm³/mol. The summed E-state index contributed by atoms with van der Waals surface area (Å²) in [4.78, 5) is 4.29. The van der Waals surface area contributed by atoms with Crippen molar-refractivity contribution < 1.29 is 14.6 Å². The summed E-state index contributed by atoms with van der Waals surface area (Å²) in [7, 11) is 0. The number of hydrogen-bond donors (Lipinski definition) is 1. The zero-order valence-electron chi connectivity index (χ0n) is 10.8. The second-order valence-electron chi connectivity index (χ2n) is 5.14. The van der Waals surface area contributed by atoms with Crippen molar-refractivity contribution in [3.05, 3.63) is 11.6 Å². The van der Waals surface area contributed by atoms with Crippen molar-refractivity contribution in [2.75, 3.05) is 13.2 Å². The van der Waals surface area contributed by atoms with Crippen LogP contribution in [0.1, 0.15) is 37.0 Å². The highest BCUT2D eigenvalue weighted by Gasteiger charge is 2.46. The summed E-state index contributed by atoms with van der Waals surface area (Å²) in [5.41, 5.74) is 0. The van der Waals surface area contributed by atoms with Gasteiger partial charge in [-0.3, -0.25) is 0 Å². The van der Waals surface area contributed by atoms with Crippen LogP contribution in [0.2, 0.25) is 0 Å². The number of aromatic nitrogens is 3. The minimum atomic E-state index is -0.518. The first-order valence-electron chi connectivity index (χ1n) is 6.45. The van der Waals surface area contributed by atoms with Gasteiger partial charge in [0.2, 0.25) is 0 Å². The number of nitrogens with zero attached hydrogens (tertiary/aromatic N) is 3. The Morgan fingerprint density at radius 3 is 2.67 bits per heavy atom. The van der Waals surface area contributed by atoms with Gasteiger partial charge in [0, 0.05) is 12.8 Å². The number of aryl methyl sites for hydroxylation is 2. The third-order valence-electron chi connectivity index (χ3n) is 3.82. The van der Waals surface area contributed by atoms with Crippen LogP contribution in [0.25, 0.3) is 0 Å². The molecule has 2 aliphatic rings. The fourth-order valence-electron chi connectivity index (χ4n) is 2.98. The Balaban J connectivity index is 1.87. The van der Waals surface area contributed by atoms with E-state index in [1.807, 2.05) is 18.5 Å². The molecule has 1 N–H and O–H groups in total. The van der Waals surface area contributed by atoms with Gasteiger partial charge in [-0.2, -0.15) is 5.10 Å². The highest BCUT2D eigenvalue weighted by molar-refractivity contribution is 4.97. The van der Waals surface area contributed by atoms with Gasteiger partial charge >= 0.3 is 0 Å². The molecule has 6 heteroatoms. The molecule has 1 aromatic heterocycles. The van der Waals surface area contributed by atoms with Crippen LogP contribution in [0, 0.1) is 13.8 Å². The van der Waals surface area contributed by atoms with Crippen LogP contribution in [0.3, 0.4) is 0 Å². The molecule has 1 aliphatic heterocycles. The molecule has 0 radical (unpaired) electrons. The molecular formula is C12H19N3O3. The van der Waals surface area contributed by atoms with Crippen molar-refractivity contribution in [3.8, 4) is 0 Å². The largest absolute Gasteiger partial charge is 0.391 e. The molecule has 2 fully saturated rings. The molecular weight excluding hydrogens is 234 g/mol. The van der Waals surface area contributed by atoms with Crippen molar-refractivity contribution in [1.29, 1.82) is 0 Å². The van der Waals surface area contributed by atoms with Gasteiger partial charge in [0.15, 0.2) is 5.79 Å². The summed E-state index contributed by atoms with van der Waals surface area (Å²) in [5, 5.41) is 14.6. The lowest BCUT2D eigenvalue weighted by molar-refractivity contribution is -0.200. The van der Waals surface area contributed by atoms with Gasteiger partial charge in [0.25, 0.3) is 0 Å². The monoisotopic (exact) mass is 253 g/mol. The van der Waals surface area contributed by atoms with E-state index in [0.717, 1.165) is 18.1 Å². The lowest BCUT2D eigenvalue weighted by Gasteiger charge is -2.39. The van der Waals surface area contributed by atoms with Crippen LogP contribution in [0.15, 0.2) is 0 Å². The first-order chi connectivity index (χ1) is 8.60. The maximum absolute atomic E-state index is 10.2. The Hall–Kier alpha value is -0.980. The summed E-state index contributed by atoms with van der Waals surface area (Å²) in [6.45, 7) is 5.04. The van der Waals surface area contributed by atoms with Crippen molar-refractivity contribution >= 4 is 0 Å². The zero-order chi connectivity index (χ0) is 12.8. The summed E-state index contributed by atoms with van der Waals surface area (Å²) in [6, 6.07) is -0.113.